The molecule has 0 bridgehead atoms. The molecule has 1 fully saturated rings. The molecule has 92 valence electrons. The van der Waals surface area contributed by atoms with Crippen molar-refractivity contribution in [3.63, 3.8) is 0 Å². The summed E-state index contributed by atoms with van der Waals surface area (Å²) < 4.78 is 10.5. The Kier molecular flexibility index (Phi) is 3.43. The highest BCUT2D eigenvalue weighted by Gasteiger charge is 2.21. The Bertz CT molecular complexity index is 418. The van der Waals surface area contributed by atoms with Gasteiger partial charge in [0.05, 0.1) is 24.2 Å². The van der Waals surface area contributed by atoms with Gasteiger partial charge in [-0.3, -0.25) is 10.1 Å². The number of nitrogens with one attached hydrogen (secondary N) is 1. The second-order valence-electron chi connectivity index (χ2n) is 3.78. The normalized spacial score (nSPS) is 15.1. The Hall–Kier alpha value is -1.82. The molecule has 0 amide bonds. The van der Waals surface area contributed by atoms with Gasteiger partial charge in [0.2, 0.25) is 0 Å². The van der Waals surface area contributed by atoms with Gasteiger partial charge >= 0.3 is 0 Å². The van der Waals surface area contributed by atoms with Crippen molar-refractivity contribution in [2.75, 3.05) is 25.1 Å². The van der Waals surface area contributed by atoms with Crippen LogP contribution in [0, 0.1) is 10.1 Å². The Balaban J connectivity index is 2.19. The minimum absolute atomic E-state index is 0.00600. The van der Waals surface area contributed by atoms with Crippen LogP contribution in [0.1, 0.15) is 6.92 Å². The molecule has 1 aliphatic heterocycles. The van der Waals surface area contributed by atoms with E-state index in [9.17, 15) is 10.1 Å². The van der Waals surface area contributed by atoms with Gasteiger partial charge < -0.3 is 14.8 Å². The van der Waals surface area contributed by atoms with E-state index < -0.39 is 4.92 Å². The maximum Gasteiger partial charge on any atom is 0.275 e. The van der Waals surface area contributed by atoms with Gasteiger partial charge in [0, 0.05) is 24.4 Å². The molecule has 0 aromatic heterocycles. The molecule has 0 unspecified atom stereocenters. The largest absolute Gasteiger partial charge is 0.485 e. The minimum atomic E-state index is -0.426. The van der Waals surface area contributed by atoms with Crippen molar-refractivity contribution in [2.45, 2.75) is 13.0 Å². The molecule has 0 spiro atoms. The van der Waals surface area contributed by atoms with Crippen molar-refractivity contribution in [3.8, 4) is 5.75 Å². The number of nitro benzene ring substituents is 1. The maximum absolute atomic E-state index is 10.8. The summed E-state index contributed by atoms with van der Waals surface area (Å²) in [4.78, 5) is 10.4. The Morgan fingerprint density at radius 1 is 1.53 bits per heavy atom. The molecule has 1 heterocycles. The zero-order valence-electron chi connectivity index (χ0n) is 9.51. The lowest BCUT2D eigenvalue weighted by Crippen LogP contribution is -2.38. The van der Waals surface area contributed by atoms with Crippen molar-refractivity contribution in [1.82, 2.24) is 0 Å². The summed E-state index contributed by atoms with van der Waals surface area (Å²) in [6, 6.07) is 4.68. The minimum Gasteiger partial charge on any atom is -0.485 e. The summed E-state index contributed by atoms with van der Waals surface area (Å²) in [5.41, 5.74) is 0.718. The van der Waals surface area contributed by atoms with Crippen molar-refractivity contribution < 1.29 is 14.4 Å². The highest BCUT2D eigenvalue weighted by Crippen LogP contribution is 2.27. The first-order valence-corrected chi connectivity index (χ1v) is 5.47. The Morgan fingerprint density at radius 3 is 2.82 bits per heavy atom. The van der Waals surface area contributed by atoms with E-state index in [1.54, 1.807) is 6.07 Å². The van der Waals surface area contributed by atoms with Crippen LogP contribution in [-0.4, -0.2) is 30.8 Å². The summed E-state index contributed by atoms with van der Waals surface area (Å²) >= 11 is 0. The van der Waals surface area contributed by atoms with Crippen LogP contribution in [0.15, 0.2) is 18.2 Å². The van der Waals surface area contributed by atoms with Gasteiger partial charge in [-0.2, -0.15) is 0 Å². The van der Waals surface area contributed by atoms with Crippen LogP contribution >= 0.6 is 0 Å². The molecule has 1 aliphatic rings. The first kappa shape index (κ1) is 11.7. The molecule has 0 aliphatic carbocycles. The van der Waals surface area contributed by atoms with Crippen molar-refractivity contribution in [2.24, 2.45) is 0 Å². The van der Waals surface area contributed by atoms with Crippen molar-refractivity contribution in [3.05, 3.63) is 28.3 Å². The van der Waals surface area contributed by atoms with Crippen LogP contribution in [0.2, 0.25) is 0 Å². The van der Waals surface area contributed by atoms with Gasteiger partial charge in [0.25, 0.3) is 5.69 Å². The summed E-state index contributed by atoms with van der Waals surface area (Å²) in [7, 11) is 0. The molecule has 1 aromatic carbocycles. The number of ether oxygens (including phenoxy) is 2. The molecule has 6 heteroatoms. The van der Waals surface area contributed by atoms with Crippen molar-refractivity contribution in [1.29, 1.82) is 0 Å². The summed E-state index contributed by atoms with van der Waals surface area (Å²) in [6.07, 6.45) is 0.00600. The number of hydrogen-bond acceptors (Lipinski definition) is 5. The molecule has 1 saturated heterocycles. The number of anilines is 1. The van der Waals surface area contributed by atoms with Crippen LogP contribution in [0.5, 0.6) is 5.75 Å². The standard InChI is InChI=1S/C11H14N2O4/c1-2-12-8-3-9(13(14)15)5-10(4-8)17-11-6-16-7-11/h3-5,11-12H,2,6-7H2,1H3. The predicted molar refractivity (Wildman–Crippen MR) is 62.5 cm³/mol. The fourth-order valence-electron chi connectivity index (χ4n) is 1.54. The first-order chi connectivity index (χ1) is 8.19. The Labute approximate surface area is 98.7 Å². The van der Waals surface area contributed by atoms with Crippen LogP contribution in [0.25, 0.3) is 0 Å². The van der Waals surface area contributed by atoms with Crippen molar-refractivity contribution >= 4 is 11.4 Å². The average Bonchev–Trinajstić information content (AvgIpc) is 2.24. The van der Waals surface area contributed by atoms with Gasteiger partial charge in [-0.15, -0.1) is 0 Å². The third kappa shape index (κ3) is 2.85. The van der Waals surface area contributed by atoms with E-state index in [1.807, 2.05) is 6.92 Å². The molecule has 0 atom stereocenters. The zero-order chi connectivity index (χ0) is 12.3. The van der Waals surface area contributed by atoms with E-state index in [4.69, 9.17) is 9.47 Å². The molecular formula is C11H14N2O4. The molecule has 1 aromatic rings. The lowest BCUT2D eigenvalue weighted by atomic mass is 10.2. The van der Waals surface area contributed by atoms with Crippen LogP contribution < -0.4 is 10.1 Å². The maximum atomic E-state index is 10.8. The summed E-state index contributed by atoms with van der Waals surface area (Å²) in [5, 5.41) is 13.8. The fraction of sp³-hybridized carbons (Fsp3) is 0.455. The number of nitrogens with zero attached hydrogens (tertiary/aromatic N) is 1. The molecule has 17 heavy (non-hydrogen) atoms. The number of rotatable bonds is 5. The van der Waals surface area contributed by atoms with E-state index >= 15 is 0 Å². The zero-order valence-corrected chi connectivity index (χ0v) is 9.51. The van der Waals surface area contributed by atoms with Gasteiger partial charge in [0.15, 0.2) is 0 Å². The van der Waals surface area contributed by atoms with Gasteiger partial charge in [-0.25, -0.2) is 0 Å². The van der Waals surface area contributed by atoms with Gasteiger partial charge in [-0.05, 0) is 6.92 Å². The van der Waals surface area contributed by atoms with E-state index in [-0.39, 0.29) is 11.8 Å². The van der Waals surface area contributed by atoms with Crippen LogP contribution in [0.4, 0.5) is 11.4 Å². The van der Waals surface area contributed by atoms with Crippen LogP contribution in [0.3, 0.4) is 0 Å². The second-order valence-corrected chi connectivity index (χ2v) is 3.78. The first-order valence-electron chi connectivity index (χ1n) is 5.47. The fourth-order valence-corrected chi connectivity index (χ4v) is 1.54. The predicted octanol–water partition coefficient (Wildman–Crippen LogP) is 1.80. The van der Waals surface area contributed by atoms with E-state index in [0.717, 1.165) is 0 Å². The highest BCUT2D eigenvalue weighted by atomic mass is 16.6. The molecule has 2 rings (SSSR count). The topological polar surface area (TPSA) is 73.6 Å². The molecular weight excluding hydrogens is 224 g/mol. The third-order valence-electron chi connectivity index (χ3n) is 2.39. The number of hydrogen-bond donors (Lipinski definition) is 1. The smallest absolute Gasteiger partial charge is 0.275 e. The van der Waals surface area contributed by atoms with Crippen LogP contribution in [-0.2, 0) is 4.74 Å². The lowest BCUT2D eigenvalue weighted by molar-refractivity contribution is -0.384. The van der Waals surface area contributed by atoms with Gasteiger partial charge in [0.1, 0.15) is 11.9 Å². The molecule has 0 radical (unpaired) electrons. The number of benzene rings is 1. The lowest BCUT2D eigenvalue weighted by Gasteiger charge is -2.26. The Morgan fingerprint density at radius 2 is 2.29 bits per heavy atom. The quantitative estimate of drug-likeness (QED) is 0.625. The average molecular weight is 238 g/mol. The third-order valence-corrected chi connectivity index (χ3v) is 2.39. The number of nitro groups is 1. The van der Waals surface area contributed by atoms with Gasteiger partial charge in [-0.1, -0.05) is 0 Å². The SMILES string of the molecule is CCNc1cc(OC2COC2)cc([N+](=O)[O-])c1. The van der Waals surface area contributed by atoms with E-state index in [0.29, 0.717) is 31.2 Å². The molecule has 1 N–H and O–H groups in total. The monoisotopic (exact) mass is 238 g/mol. The molecule has 0 saturated carbocycles. The van der Waals surface area contributed by atoms with E-state index in [2.05, 4.69) is 5.32 Å². The summed E-state index contributed by atoms with van der Waals surface area (Å²) in [5.74, 6) is 0.503. The second kappa shape index (κ2) is 5.01. The number of non-ortho nitro benzene ring substituents is 1. The van der Waals surface area contributed by atoms with E-state index in [1.165, 1.54) is 12.1 Å². The molecule has 6 nitrogen and oxygen atoms in total. The summed E-state index contributed by atoms with van der Waals surface area (Å²) in [6.45, 7) is 3.71. The highest BCUT2D eigenvalue weighted by molar-refractivity contribution is 5.56.